The molecule has 0 N–H and O–H groups in total. The molecule has 1 unspecified atom stereocenters. The molecule has 1 aromatic carbocycles. The molecule has 164 valence electrons. The molecular formula is C23H30O7. The van der Waals surface area contributed by atoms with Crippen LogP contribution in [0.5, 0.6) is 0 Å². The molecule has 0 amide bonds. The highest BCUT2D eigenvalue weighted by Crippen LogP contribution is 2.49. The number of carbonyl (C=O) groups is 4. The fourth-order valence-electron chi connectivity index (χ4n) is 3.81. The molecule has 0 bridgehead atoms. The van der Waals surface area contributed by atoms with Crippen molar-refractivity contribution >= 4 is 23.7 Å². The van der Waals surface area contributed by atoms with Crippen molar-refractivity contribution in [3.05, 3.63) is 35.4 Å². The second kappa shape index (κ2) is 9.41. The molecule has 0 saturated carbocycles. The van der Waals surface area contributed by atoms with E-state index in [-0.39, 0.29) is 32.0 Å². The van der Waals surface area contributed by atoms with E-state index >= 15 is 0 Å². The van der Waals surface area contributed by atoms with Crippen molar-refractivity contribution in [3.63, 3.8) is 0 Å². The zero-order valence-electron chi connectivity index (χ0n) is 18.3. The van der Waals surface area contributed by atoms with Gasteiger partial charge < -0.3 is 14.2 Å². The Bertz CT molecular complexity index is 801. The fourth-order valence-corrected chi connectivity index (χ4v) is 3.81. The zero-order valence-corrected chi connectivity index (χ0v) is 18.3. The third-order valence-electron chi connectivity index (χ3n) is 5.01. The summed E-state index contributed by atoms with van der Waals surface area (Å²) in [4.78, 5) is 50.1. The van der Waals surface area contributed by atoms with Gasteiger partial charge in [-0.1, -0.05) is 24.3 Å². The molecule has 1 aromatic rings. The highest BCUT2D eigenvalue weighted by atomic mass is 16.6. The first-order chi connectivity index (χ1) is 14.1. The predicted molar refractivity (Wildman–Crippen MR) is 109 cm³/mol. The Morgan fingerprint density at radius 3 is 2.10 bits per heavy atom. The molecular weight excluding hydrogens is 388 g/mol. The second-order valence-corrected chi connectivity index (χ2v) is 8.30. The van der Waals surface area contributed by atoms with E-state index in [4.69, 9.17) is 14.2 Å². The van der Waals surface area contributed by atoms with Crippen LogP contribution in [0.1, 0.15) is 70.9 Å². The van der Waals surface area contributed by atoms with Gasteiger partial charge in [0.25, 0.3) is 0 Å². The molecule has 2 rings (SSSR count). The summed E-state index contributed by atoms with van der Waals surface area (Å²) >= 11 is 0. The molecule has 1 aliphatic carbocycles. The Labute approximate surface area is 177 Å². The highest BCUT2D eigenvalue weighted by Gasteiger charge is 2.57. The number of carbonyl (C=O) groups excluding carboxylic acids is 4. The van der Waals surface area contributed by atoms with E-state index in [0.29, 0.717) is 12.0 Å². The summed E-state index contributed by atoms with van der Waals surface area (Å²) in [6.07, 6.45) is 0.386. The maximum absolute atomic E-state index is 12.9. The van der Waals surface area contributed by atoms with Crippen LogP contribution in [0.15, 0.2) is 24.3 Å². The Hall–Kier alpha value is -2.70. The number of rotatable bonds is 8. The van der Waals surface area contributed by atoms with Crippen LogP contribution in [0.3, 0.4) is 0 Å². The summed E-state index contributed by atoms with van der Waals surface area (Å²) in [6.45, 7) is 8.69. The van der Waals surface area contributed by atoms with Gasteiger partial charge >= 0.3 is 17.9 Å². The number of fused-ring (bicyclic) bond motifs is 1. The number of ether oxygens (including phenoxy) is 3. The second-order valence-electron chi connectivity index (χ2n) is 8.30. The molecule has 0 spiro atoms. The average Bonchev–Trinajstić information content (AvgIpc) is 3.01. The van der Waals surface area contributed by atoms with E-state index in [0.717, 1.165) is 5.56 Å². The number of Topliss-reactive ketones (excluding diaryl/α,β-unsaturated/α-hetero) is 1. The SMILES string of the molecule is CCOC(=O)C1(C(=O)OCC)CC(CCC(=O)C(=O)OC(C)(C)C)c2ccccc21. The van der Waals surface area contributed by atoms with Crippen LogP contribution in [0.25, 0.3) is 0 Å². The van der Waals surface area contributed by atoms with Gasteiger partial charge in [-0.05, 0) is 64.5 Å². The van der Waals surface area contributed by atoms with Crippen LogP contribution in [0.2, 0.25) is 0 Å². The summed E-state index contributed by atoms with van der Waals surface area (Å²) in [7, 11) is 0. The predicted octanol–water partition coefficient (Wildman–Crippen LogP) is 3.23. The van der Waals surface area contributed by atoms with Crippen LogP contribution >= 0.6 is 0 Å². The minimum absolute atomic E-state index is 0.0460. The average molecular weight is 418 g/mol. The van der Waals surface area contributed by atoms with Crippen molar-refractivity contribution in [1.82, 2.24) is 0 Å². The van der Waals surface area contributed by atoms with Gasteiger partial charge in [-0.2, -0.15) is 0 Å². The van der Waals surface area contributed by atoms with Gasteiger partial charge in [0.15, 0.2) is 5.41 Å². The molecule has 1 atom stereocenters. The van der Waals surface area contributed by atoms with Crippen LogP contribution in [-0.4, -0.2) is 42.5 Å². The Morgan fingerprint density at radius 2 is 1.57 bits per heavy atom. The van der Waals surface area contributed by atoms with Crippen molar-refractivity contribution in [1.29, 1.82) is 0 Å². The monoisotopic (exact) mass is 418 g/mol. The molecule has 0 saturated heterocycles. The molecule has 0 heterocycles. The standard InChI is InChI=1S/C23H30O7/c1-6-28-20(26)23(21(27)29-7-2)14-15(16-10-8-9-11-17(16)23)12-13-18(24)19(25)30-22(3,4)5/h8-11,15H,6-7,12-14H2,1-5H3. The summed E-state index contributed by atoms with van der Waals surface area (Å²) in [5.41, 5.74) is -0.995. The van der Waals surface area contributed by atoms with E-state index in [1.54, 1.807) is 46.8 Å². The molecule has 0 aromatic heterocycles. The molecule has 30 heavy (non-hydrogen) atoms. The van der Waals surface area contributed by atoms with Crippen LogP contribution in [-0.2, 0) is 38.8 Å². The number of benzene rings is 1. The van der Waals surface area contributed by atoms with Gasteiger partial charge in [-0.15, -0.1) is 0 Å². The topological polar surface area (TPSA) is 96.0 Å². The van der Waals surface area contributed by atoms with Crippen LogP contribution in [0, 0.1) is 0 Å². The van der Waals surface area contributed by atoms with Crippen LogP contribution in [0.4, 0.5) is 0 Å². The maximum atomic E-state index is 12.9. The number of hydrogen-bond acceptors (Lipinski definition) is 7. The lowest BCUT2D eigenvalue weighted by Gasteiger charge is -2.26. The van der Waals surface area contributed by atoms with E-state index in [1.807, 2.05) is 12.1 Å². The van der Waals surface area contributed by atoms with Crippen molar-refractivity contribution in [2.75, 3.05) is 13.2 Å². The smallest absolute Gasteiger partial charge is 0.375 e. The third kappa shape index (κ3) is 4.89. The first-order valence-corrected chi connectivity index (χ1v) is 10.3. The summed E-state index contributed by atoms with van der Waals surface area (Å²) < 4.78 is 15.6. The van der Waals surface area contributed by atoms with Gasteiger partial charge in [-0.25, -0.2) is 4.79 Å². The van der Waals surface area contributed by atoms with E-state index in [9.17, 15) is 19.2 Å². The fraction of sp³-hybridized carbons (Fsp3) is 0.565. The Balaban J connectivity index is 2.30. The van der Waals surface area contributed by atoms with Crippen molar-refractivity contribution in [2.45, 2.75) is 70.8 Å². The van der Waals surface area contributed by atoms with E-state index in [1.165, 1.54) is 0 Å². The normalized spacial score (nSPS) is 17.0. The molecule has 1 aliphatic rings. The molecule has 7 heteroatoms. The van der Waals surface area contributed by atoms with Gasteiger partial charge in [0.05, 0.1) is 13.2 Å². The first-order valence-electron chi connectivity index (χ1n) is 10.3. The summed E-state index contributed by atoms with van der Waals surface area (Å²) in [6, 6.07) is 7.12. The number of ketones is 1. The lowest BCUT2D eigenvalue weighted by atomic mass is 9.80. The molecule has 0 aliphatic heterocycles. The summed E-state index contributed by atoms with van der Waals surface area (Å²) in [5, 5.41) is 0. The lowest BCUT2D eigenvalue weighted by molar-refractivity contribution is -0.165. The Morgan fingerprint density at radius 1 is 1.00 bits per heavy atom. The van der Waals surface area contributed by atoms with Crippen molar-refractivity contribution in [2.24, 2.45) is 0 Å². The lowest BCUT2D eigenvalue weighted by Crippen LogP contribution is -2.44. The quantitative estimate of drug-likeness (QED) is 0.277. The Kier molecular flexibility index (Phi) is 7.39. The van der Waals surface area contributed by atoms with Crippen molar-refractivity contribution < 1.29 is 33.4 Å². The van der Waals surface area contributed by atoms with E-state index in [2.05, 4.69) is 0 Å². The highest BCUT2D eigenvalue weighted by molar-refractivity contribution is 6.33. The molecule has 0 radical (unpaired) electrons. The number of hydrogen-bond donors (Lipinski definition) is 0. The third-order valence-corrected chi connectivity index (χ3v) is 5.01. The minimum Gasteiger partial charge on any atom is -0.465 e. The molecule has 0 fully saturated rings. The van der Waals surface area contributed by atoms with Gasteiger partial charge in [-0.3, -0.25) is 14.4 Å². The first kappa shape index (κ1) is 23.6. The van der Waals surface area contributed by atoms with E-state index < -0.39 is 34.7 Å². The van der Waals surface area contributed by atoms with Crippen molar-refractivity contribution in [3.8, 4) is 0 Å². The largest absolute Gasteiger partial charge is 0.465 e. The maximum Gasteiger partial charge on any atom is 0.375 e. The number of esters is 3. The van der Waals surface area contributed by atoms with Gasteiger partial charge in [0.1, 0.15) is 5.60 Å². The minimum atomic E-state index is -1.57. The zero-order chi connectivity index (χ0) is 22.5. The molecule has 7 nitrogen and oxygen atoms in total. The van der Waals surface area contributed by atoms with Crippen LogP contribution < -0.4 is 0 Å². The van der Waals surface area contributed by atoms with Gasteiger partial charge in [0, 0.05) is 6.42 Å². The van der Waals surface area contributed by atoms with Gasteiger partial charge in [0.2, 0.25) is 5.78 Å². The summed E-state index contributed by atoms with van der Waals surface area (Å²) in [5.74, 6) is -3.10.